The van der Waals surface area contributed by atoms with Gasteiger partial charge in [-0.1, -0.05) is 28.1 Å². The van der Waals surface area contributed by atoms with Gasteiger partial charge in [0.25, 0.3) is 0 Å². The lowest BCUT2D eigenvalue weighted by molar-refractivity contribution is 0.774. The smallest absolute Gasteiger partial charge is 0.0710 e. The largest absolute Gasteiger partial charge is 0.330 e. The first-order valence-electron chi connectivity index (χ1n) is 5.69. The molecule has 1 heterocycles. The maximum atomic E-state index is 5.56. The van der Waals surface area contributed by atoms with E-state index in [0.29, 0.717) is 6.54 Å². The first-order valence-corrected chi connectivity index (χ1v) is 6.48. The van der Waals surface area contributed by atoms with Crippen LogP contribution in [0.4, 0.5) is 0 Å². The Morgan fingerprint density at radius 2 is 2.00 bits per heavy atom. The molecule has 0 radical (unpaired) electrons. The number of hydrogen-bond donors (Lipinski definition) is 1. The molecule has 2 N–H and O–H groups in total. The summed E-state index contributed by atoms with van der Waals surface area (Å²) < 4.78 is 3.02. The number of nitrogens with two attached hydrogens (primary N) is 1. The van der Waals surface area contributed by atoms with Crippen molar-refractivity contribution < 1.29 is 0 Å². The number of benzene rings is 1. The lowest BCUT2D eigenvalue weighted by Gasteiger charge is -2.06. The highest BCUT2D eigenvalue weighted by atomic mass is 79.9. The second-order valence-electron chi connectivity index (χ2n) is 4.04. The van der Waals surface area contributed by atoms with Crippen molar-refractivity contribution in [3.63, 3.8) is 0 Å². The van der Waals surface area contributed by atoms with Crippen LogP contribution in [0.15, 0.2) is 34.9 Å². The Bertz CT molecular complexity index is 488. The van der Waals surface area contributed by atoms with E-state index in [1.807, 2.05) is 17.9 Å². The lowest BCUT2D eigenvalue weighted by Crippen LogP contribution is -2.01. The topological polar surface area (TPSA) is 43.8 Å². The molecule has 0 amide bonds. The van der Waals surface area contributed by atoms with Gasteiger partial charge in [0.1, 0.15) is 0 Å². The fourth-order valence-electron chi connectivity index (χ4n) is 1.94. The molecule has 90 valence electrons. The Balaban J connectivity index is 2.36. The van der Waals surface area contributed by atoms with Crippen LogP contribution >= 0.6 is 15.9 Å². The van der Waals surface area contributed by atoms with Crippen molar-refractivity contribution >= 4 is 15.9 Å². The molecule has 0 saturated heterocycles. The first kappa shape index (κ1) is 12.3. The van der Waals surface area contributed by atoms with E-state index in [1.54, 1.807) is 0 Å². The third-order valence-electron chi connectivity index (χ3n) is 2.78. The monoisotopic (exact) mass is 293 g/mol. The van der Waals surface area contributed by atoms with Gasteiger partial charge in [-0.25, -0.2) is 0 Å². The molecule has 0 spiro atoms. The number of halogens is 1. The number of rotatable bonds is 4. The molecule has 0 aliphatic heterocycles. The Morgan fingerprint density at radius 3 is 2.65 bits per heavy atom. The molecule has 1 aromatic heterocycles. The van der Waals surface area contributed by atoms with Crippen LogP contribution in [-0.4, -0.2) is 16.3 Å². The average Bonchev–Trinajstić information content (AvgIpc) is 2.69. The van der Waals surface area contributed by atoms with Crippen molar-refractivity contribution in [1.82, 2.24) is 9.78 Å². The summed E-state index contributed by atoms with van der Waals surface area (Å²) >= 11 is 3.45. The molecule has 0 aliphatic carbocycles. The van der Waals surface area contributed by atoms with Gasteiger partial charge in [-0.2, -0.15) is 5.10 Å². The van der Waals surface area contributed by atoms with Crippen LogP contribution in [0.5, 0.6) is 0 Å². The molecule has 2 rings (SSSR count). The van der Waals surface area contributed by atoms with E-state index in [4.69, 9.17) is 5.73 Å². The summed E-state index contributed by atoms with van der Waals surface area (Å²) in [7, 11) is 1.98. The van der Waals surface area contributed by atoms with E-state index in [9.17, 15) is 0 Å². The minimum Gasteiger partial charge on any atom is -0.330 e. The minimum absolute atomic E-state index is 0.717. The van der Waals surface area contributed by atoms with Gasteiger partial charge in [0.15, 0.2) is 0 Å². The summed E-state index contributed by atoms with van der Waals surface area (Å²) in [6, 6.07) is 8.31. The van der Waals surface area contributed by atoms with Gasteiger partial charge in [0.05, 0.1) is 11.9 Å². The van der Waals surface area contributed by atoms with Crippen LogP contribution in [0, 0.1) is 0 Å². The van der Waals surface area contributed by atoms with Gasteiger partial charge in [-0.3, -0.25) is 4.68 Å². The van der Waals surface area contributed by atoms with Crippen LogP contribution in [-0.2, 0) is 13.5 Å². The first-order chi connectivity index (χ1) is 8.22. The normalized spacial score (nSPS) is 10.8. The van der Waals surface area contributed by atoms with Crippen molar-refractivity contribution in [3.05, 3.63) is 40.5 Å². The molecule has 1 aromatic carbocycles. The van der Waals surface area contributed by atoms with Crippen molar-refractivity contribution in [3.8, 4) is 11.3 Å². The Kier molecular flexibility index (Phi) is 3.97. The highest BCUT2D eigenvalue weighted by Gasteiger charge is 2.10. The van der Waals surface area contributed by atoms with Crippen LogP contribution in [0.25, 0.3) is 11.3 Å². The molecule has 4 heteroatoms. The number of hydrogen-bond acceptors (Lipinski definition) is 2. The highest BCUT2D eigenvalue weighted by Crippen LogP contribution is 2.25. The zero-order valence-corrected chi connectivity index (χ0v) is 11.4. The Morgan fingerprint density at radius 1 is 1.29 bits per heavy atom. The summed E-state index contributed by atoms with van der Waals surface area (Å²) in [4.78, 5) is 0. The second kappa shape index (κ2) is 5.47. The maximum absolute atomic E-state index is 5.56. The summed E-state index contributed by atoms with van der Waals surface area (Å²) in [5, 5.41) is 4.33. The highest BCUT2D eigenvalue weighted by molar-refractivity contribution is 9.10. The van der Waals surface area contributed by atoms with E-state index in [0.717, 1.165) is 17.3 Å². The number of nitrogens with zero attached hydrogens (tertiary/aromatic N) is 2. The number of aromatic nitrogens is 2. The molecule has 0 bridgehead atoms. The van der Waals surface area contributed by atoms with Gasteiger partial charge < -0.3 is 5.73 Å². The molecule has 0 saturated carbocycles. The standard InChI is InChI=1S/C13H16BrN3/c1-17-13(10-4-6-12(14)7-5-10)11(9-16-17)3-2-8-15/h4-7,9H,2-3,8,15H2,1H3. The molecule has 17 heavy (non-hydrogen) atoms. The third-order valence-corrected chi connectivity index (χ3v) is 3.31. The number of aryl methyl sites for hydroxylation is 2. The van der Waals surface area contributed by atoms with Crippen molar-refractivity contribution in [2.75, 3.05) is 6.54 Å². The van der Waals surface area contributed by atoms with Gasteiger partial charge in [-0.15, -0.1) is 0 Å². The van der Waals surface area contributed by atoms with Gasteiger partial charge >= 0.3 is 0 Å². The van der Waals surface area contributed by atoms with Crippen molar-refractivity contribution in [2.45, 2.75) is 12.8 Å². The van der Waals surface area contributed by atoms with Crippen LogP contribution in [0.2, 0.25) is 0 Å². The van der Waals surface area contributed by atoms with Crippen LogP contribution in [0.1, 0.15) is 12.0 Å². The zero-order chi connectivity index (χ0) is 12.3. The zero-order valence-electron chi connectivity index (χ0n) is 9.86. The second-order valence-corrected chi connectivity index (χ2v) is 4.96. The predicted molar refractivity (Wildman–Crippen MR) is 73.7 cm³/mol. The average molecular weight is 294 g/mol. The molecule has 0 unspecified atom stereocenters. The molecule has 3 nitrogen and oxygen atoms in total. The predicted octanol–water partition coefficient (Wildman–Crippen LogP) is 2.74. The third kappa shape index (κ3) is 2.76. The van der Waals surface area contributed by atoms with E-state index in [1.165, 1.54) is 16.8 Å². The molecule has 2 aromatic rings. The Labute approximate surface area is 110 Å². The summed E-state index contributed by atoms with van der Waals surface area (Å²) in [6.45, 7) is 0.717. The van der Waals surface area contributed by atoms with Crippen LogP contribution < -0.4 is 5.73 Å². The molecule has 0 fully saturated rings. The van der Waals surface area contributed by atoms with Gasteiger partial charge in [0.2, 0.25) is 0 Å². The molecular weight excluding hydrogens is 278 g/mol. The maximum Gasteiger partial charge on any atom is 0.0710 e. The van der Waals surface area contributed by atoms with Crippen molar-refractivity contribution in [2.24, 2.45) is 12.8 Å². The van der Waals surface area contributed by atoms with Crippen molar-refractivity contribution in [1.29, 1.82) is 0 Å². The SMILES string of the molecule is Cn1ncc(CCCN)c1-c1ccc(Br)cc1. The molecule has 0 aliphatic rings. The summed E-state index contributed by atoms with van der Waals surface area (Å²) in [6.07, 6.45) is 3.91. The van der Waals surface area contributed by atoms with Gasteiger partial charge in [0, 0.05) is 17.1 Å². The van der Waals surface area contributed by atoms with Gasteiger partial charge in [-0.05, 0) is 37.1 Å². The quantitative estimate of drug-likeness (QED) is 0.942. The van der Waals surface area contributed by atoms with Crippen LogP contribution in [0.3, 0.4) is 0 Å². The lowest BCUT2D eigenvalue weighted by atomic mass is 10.0. The van der Waals surface area contributed by atoms with E-state index in [2.05, 4.69) is 45.3 Å². The summed E-state index contributed by atoms with van der Waals surface area (Å²) in [5.74, 6) is 0. The van der Waals surface area contributed by atoms with E-state index >= 15 is 0 Å². The molecule has 0 atom stereocenters. The summed E-state index contributed by atoms with van der Waals surface area (Å²) in [5.41, 5.74) is 9.20. The minimum atomic E-state index is 0.717. The fraction of sp³-hybridized carbons (Fsp3) is 0.308. The fourth-order valence-corrected chi connectivity index (χ4v) is 2.20. The Hall–Kier alpha value is -1.13. The molecular formula is C13H16BrN3. The van der Waals surface area contributed by atoms with E-state index in [-0.39, 0.29) is 0 Å². The van der Waals surface area contributed by atoms with E-state index < -0.39 is 0 Å².